The predicted octanol–water partition coefficient (Wildman–Crippen LogP) is 14.4. The first-order valence-electron chi connectivity index (χ1n) is 17.7. The van der Waals surface area contributed by atoms with Crippen LogP contribution in [0.4, 0.5) is 0 Å². The molecule has 0 saturated heterocycles. The molecule has 0 bridgehead atoms. The van der Waals surface area contributed by atoms with E-state index in [-0.39, 0.29) is 0 Å². The normalized spacial score (nSPS) is 12.3. The molecule has 0 saturated carbocycles. The summed E-state index contributed by atoms with van der Waals surface area (Å²) < 4.78 is 6.92. The molecule has 51 heavy (non-hydrogen) atoms. The fourth-order valence-corrected chi connectivity index (χ4v) is 9.09. The summed E-state index contributed by atoms with van der Waals surface area (Å²) in [4.78, 5) is 0. The van der Waals surface area contributed by atoms with Crippen LogP contribution in [0.1, 0.15) is 0 Å². The summed E-state index contributed by atoms with van der Waals surface area (Å²) in [5.74, 6) is 0. The van der Waals surface area contributed by atoms with Crippen LogP contribution in [-0.2, 0) is 0 Å². The van der Waals surface area contributed by atoms with Gasteiger partial charge in [0.1, 0.15) is 11.2 Å². The van der Waals surface area contributed by atoms with Gasteiger partial charge in [-0.05, 0) is 110 Å². The average molecular weight is 645 g/mol. The molecule has 1 heteroatoms. The largest absolute Gasteiger partial charge is 0.455 e. The Bertz CT molecular complexity index is 3400. The number of hydrogen-bond donors (Lipinski definition) is 0. The van der Waals surface area contributed by atoms with Gasteiger partial charge in [-0.15, -0.1) is 0 Å². The quantitative estimate of drug-likeness (QED) is 0.171. The second kappa shape index (κ2) is 9.94. The van der Waals surface area contributed by atoms with Gasteiger partial charge in [-0.2, -0.15) is 0 Å². The lowest BCUT2D eigenvalue weighted by Gasteiger charge is -2.16. The van der Waals surface area contributed by atoms with Crippen LogP contribution in [-0.4, -0.2) is 0 Å². The van der Waals surface area contributed by atoms with Gasteiger partial charge in [-0.25, -0.2) is 0 Å². The minimum absolute atomic E-state index is 0.911. The van der Waals surface area contributed by atoms with Crippen LogP contribution in [0.25, 0.3) is 120 Å². The zero-order valence-electron chi connectivity index (χ0n) is 27.6. The first kappa shape index (κ1) is 27.2. The molecule has 0 aliphatic carbocycles. The molecule has 0 fully saturated rings. The van der Waals surface area contributed by atoms with Gasteiger partial charge in [-0.1, -0.05) is 152 Å². The third-order valence-electron chi connectivity index (χ3n) is 11.4. The second-order valence-corrected chi connectivity index (χ2v) is 14.0. The van der Waals surface area contributed by atoms with Crippen molar-refractivity contribution < 1.29 is 4.42 Å². The Morgan fingerprint density at radius 1 is 0.275 bits per heavy atom. The van der Waals surface area contributed by atoms with Gasteiger partial charge in [-0.3, -0.25) is 0 Å². The third-order valence-corrected chi connectivity index (χ3v) is 11.4. The Kier molecular flexibility index (Phi) is 5.29. The maximum absolute atomic E-state index is 6.92. The third kappa shape index (κ3) is 3.70. The van der Waals surface area contributed by atoms with Gasteiger partial charge in [0.25, 0.3) is 0 Å². The molecule has 0 amide bonds. The lowest BCUT2D eigenvalue weighted by atomic mass is 9.87. The van der Waals surface area contributed by atoms with E-state index in [2.05, 4.69) is 170 Å². The van der Waals surface area contributed by atoms with Gasteiger partial charge in [0.15, 0.2) is 0 Å². The smallest absolute Gasteiger partial charge is 0.143 e. The standard InChI is InChI=1S/C50H28O/c1-3-11-37-29(7-1)15-16-33-20-24-40-39(13-6-14-41(40)47(33)37)43-27-35(28-44-49-38-12-4-2-8-30(38)22-26-45(49)51-50(43)44)36-23-19-34-18-17-31-9-5-10-32-21-25-42(36)48(34)46(31)32/h1-28H. The van der Waals surface area contributed by atoms with Crippen molar-refractivity contribution in [2.24, 2.45) is 0 Å². The minimum atomic E-state index is 0.911. The Morgan fingerprint density at radius 2 is 0.843 bits per heavy atom. The molecular weight excluding hydrogens is 617 g/mol. The van der Waals surface area contributed by atoms with Crippen LogP contribution < -0.4 is 0 Å². The van der Waals surface area contributed by atoms with Gasteiger partial charge in [0.2, 0.25) is 0 Å². The molecule has 1 nitrogen and oxygen atoms in total. The van der Waals surface area contributed by atoms with Crippen molar-refractivity contribution in [2.75, 3.05) is 0 Å². The van der Waals surface area contributed by atoms with E-state index in [1.165, 1.54) is 97.5 Å². The molecule has 0 aliphatic rings. The fraction of sp³-hybridized carbons (Fsp3) is 0. The molecule has 11 aromatic carbocycles. The predicted molar refractivity (Wildman–Crippen MR) is 218 cm³/mol. The van der Waals surface area contributed by atoms with Gasteiger partial charge in [0, 0.05) is 16.3 Å². The molecule has 234 valence electrons. The number of benzene rings is 11. The van der Waals surface area contributed by atoms with Crippen LogP contribution in [0.5, 0.6) is 0 Å². The van der Waals surface area contributed by atoms with Crippen molar-refractivity contribution >= 4 is 97.3 Å². The highest BCUT2D eigenvalue weighted by molar-refractivity contribution is 6.28. The molecule has 0 spiro atoms. The summed E-state index contributed by atoms with van der Waals surface area (Å²) in [6, 6.07) is 62.6. The number of hydrogen-bond acceptors (Lipinski definition) is 1. The topological polar surface area (TPSA) is 13.1 Å². The highest BCUT2D eigenvalue weighted by Crippen LogP contribution is 2.46. The Hall–Kier alpha value is -6.70. The van der Waals surface area contributed by atoms with Crippen LogP contribution >= 0.6 is 0 Å². The van der Waals surface area contributed by atoms with Crippen molar-refractivity contribution in [3.8, 4) is 22.3 Å². The number of fused-ring (bicyclic) bond motifs is 10. The number of rotatable bonds is 2. The molecule has 1 aromatic heterocycles. The van der Waals surface area contributed by atoms with Crippen LogP contribution in [0.3, 0.4) is 0 Å². The van der Waals surface area contributed by atoms with E-state index < -0.39 is 0 Å². The van der Waals surface area contributed by atoms with E-state index in [0.717, 1.165) is 22.1 Å². The summed E-state index contributed by atoms with van der Waals surface area (Å²) >= 11 is 0. The van der Waals surface area contributed by atoms with E-state index in [1.807, 2.05) is 0 Å². The molecule has 0 aliphatic heterocycles. The maximum atomic E-state index is 6.92. The SMILES string of the molecule is c1ccc2c(c1)ccc1ccc3c(-c4cc(-c5ccc6ccc7cccc8ccc5c6c78)cc5c4oc4ccc6ccccc6c45)cccc3c12. The zero-order chi connectivity index (χ0) is 33.2. The van der Waals surface area contributed by atoms with Crippen LogP contribution in [0.15, 0.2) is 174 Å². The summed E-state index contributed by atoms with van der Waals surface area (Å²) in [7, 11) is 0. The molecule has 0 N–H and O–H groups in total. The van der Waals surface area contributed by atoms with Gasteiger partial charge < -0.3 is 4.42 Å². The van der Waals surface area contributed by atoms with E-state index in [1.54, 1.807) is 0 Å². The van der Waals surface area contributed by atoms with E-state index in [9.17, 15) is 0 Å². The van der Waals surface area contributed by atoms with Gasteiger partial charge in [0.05, 0.1) is 0 Å². The summed E-state index contributed by atoms with van der Waals surface area (Å²) in [5.41, 5.74) is 6.54. The molecule has 0 atom stereocenters. The second-order valence-electron chi connectivity index (χ2n) is 14.0. The van der Waals surface area contributed by atoms with Crippen LogP contribution in [0, 0.1) is 0 Å². The van der Waals surface area contributed by atoms with Gasteiger partial charge >= 0.3 is 0 Å². The fourth-order valence-electron chi connectivity index (χ4n) is 9.09. The molecule has 0 unspecified atom stereocenters. The Balaban J connectivity index is 1.24. The molecule has 1 heterocycles. The monoisotopic (exact) mass is 644 g/mol. The van der Waals surface area contributed by atoms with E-state index in [0.29, 0.717) is 0 Å². The Morgan fingerprint density at radius 3 is 1.65 bits per heavy atom. The van der Waals surface area contributed by atoms with Crippen molar-refractivity contribution in [1.82, 2.24) is 0 Å². The van der Waals surface area contributed by atoms with Crippen molar-refractivity contribution in [1.29, 1.82) is 0 Å². The zero-order valence-corrected chi connectivity index (χ0v) is 27.6. The van der Waals surface area contributed by atoms with Crippen molar-refractivity contribution in [3.63, 3.8) is 0 Å². The van der Waals surface area contributed by atoms with E-state index in [4.69, 9.17) is 4.42 Å². The Labute approximate surface area is 292 Å². The highest BCUT2D eigenvalue weighted by atomic mass is 16.3. The number of furan rings is 1. The van der Waals surface area contributed by atoms with Crippen molar-refractivity contribution in [3.05, 3.63) is 170 Å². The first-order chi connectivity index (χ1) is 25.3. The maximum Gasteiger partial charge on any atom is 0.143 e. The van der Waals surface area contributed by atoms with E-state index >= 15 is 0 Å². The molecule has 0 radical (unpaired) electrons. The lowest BCUT2D eigenvalue weighted by Crippen LogP contribution is -1.89. The summed E-state index contributed by atoms with van der Waals surface area (Å²) in [5, 5.41) is 20.1. The molecular formula is C50H28O. The first-order valence-corrected chi connectivity index (χ1v) is 17.7. The minimum Gasteiger partial charge on any atom is -0.455 e. The summed E-state index contributed by atoms with van der Waals surface area (Å²) in [6.07, 6.45) is 0. The van der Waals surface area contributed by atoms with Crippen LogP contribution in [0.2, 0.25) is 0 Å². The lowest BCUT2D eigenvalue weighted by molar-refractivity contribution is 0.670. The highest BCUT2D eigenvalue weighted by Gasteiger charge is 2.20. The van der Waals surface area contributed by atoms with Crippen molar-refractivity contribution in [2.45, 2.75) is 0 Å². The summed E-state index contributed by atoms with van der Waals surface area (Å²) in [6.45, 7) is 0. The molecule has 12 aromatic rings. The molecule has 12 rings (SSSR count). The average Bonchev–Trinajstić information content (AvgIpc) is 3.58.